The number of pyridine rings is 1. The van der Waals surface area contributed by atoms with E-state index < -0.39 is 17.6 Å². The average Bonchev–Trinajstić information content (AvgIpc) is 3.03. The van der Waals surface area contributed by atoms with E-state index >= 15 is 4.39 Å². The van der Waals surface area contributed by atoms with Gasteiger partial charge in [-0.1, -0.05) is 29.3 Å². The van der Waals surface area contributed by atoms with Crippen LogP contribution in [-0.4, -0.2) is 50.1 Å². The number of rotatable bonds is 10. The van der Waals surface area contributed by atoms with Crippen molar-refractivity contribution in [3.8, 4) is 23.0 Å². The fourth-order valence-corrected chi connectivity index (χ4v) is 5.34. The quantitative estimate of drug-likeness (QED) is 0.207. The van der Waals surface area contributed by atoms with Crippen LogP contribution in [0.5, 0.6) is 23.0 Å². The van der Waals surface area contributed by atoms with E-state index in [0.717, 1.165) is 42.5 Å². The maximum absolute atomic E-state index is 15.4. The molecule has 3 N–H and O–H groups in total. The van der Waals surface area contributed by atoms with Crippen molar-refractivity contribution in [1.82, 2.24) is 10.3 Å². The largest absolute Gasteiger partial charge is 0.493 e. The van der Waals surface area contributed by atoms with E-state index in [1.807, 2.05) is 0 Å². The molecule has 1 fully saturated rings. The summed E-state index contributed by atoms with van der Waals surface area (Å²) in [4.78, 5) is 30.0. The van der Waals surface area contributed by atoms with Gasteiger partial charge in [-0.3, -0.25) is 14.6 Å². The molecule has 4 aromatic rings. The van der Waals surface area contributed by atoms with Gasteiger partial charge in [0.25, 0.3) is 0 Å². The van der Waals surface area contributed by atoms with Gasteiger partial charge in [0.2, 0.25) is 0 Å². The number of piperidine rings is 1. The van der Waals surface area contributed by atoms with Gasteiger partial charge in [-0.15, -0.1) is 0 Å². The molecule has 12 heteroatoms. The van der Waals surface area contributed by atoms with Crippen LogP contribution >= 0.6 is 23.2 Å². The second-order valence-electron chi connectivity index (χ2n) is 10.4. The number of primary amides is 1. The lowest BCUT2D eigenvalue weighted by Crippen LogP contribution is -2.41. The Bertz CT molecular complexity index is 1680. The third-order valence-electron chi connectivity index (χ3n) is 7.43. The van der Waals surface area contributed by atoms with Crippen molar-refractivity contribution < 1.29 is 28.2 Å². The van der Waals surface area contributed by atoms with Crippen LogP contribution in [-0.2, 0) is 16.0 Å². The molecule has 5 rings (SSSR count). The molecule has 0 saturated carbocycles. The number of benzene rings is 3. The molecule has 0 unspecified atom stereocenters. The second kappa shape index (κ2) is 14.1. The summed E-state index contributed by atoms with van der Waals surface area (Å²) in [5.74, 6) is -1.13. The topological polar surface area (TPSA) is 116 Å². The molecule has 2 amide bonds. The van der Waals surface area contributed by atoms with Crippen molar-refractivity contribution in [3.63, 3.8) is 0 Å². The molecule has 0 aliphatic carbocycles. The molecular weight excluding hydrogens is 610 g/mol. The van der Waals surface area contributed by atoms with E-state index in [1.54, 1.807) is 49.7 Å². The number of fused-ring (bicyclic) bond motifs is 1. The van der Waals surface area contributed by atoms with E-state index in [-0.39, 0.29) is 18.0 Å². The predicted molar refractivity (Wildman–Crippen MR) is 168 cm³/mol. The number of nitrogens with one attached hydrogen (secondary N) is 1. The van der Waals surface area contributed by atoms with Crippen LogP contribution < -0.4 is 30.2 Å². The minimum absolute atomic E-state index is 0.0379. The molecule has 1 aliphatic rings. The molecule has 1 aromatic heterocycles. The van der Waals surface area contributed by atoms with E-state index in [2.05, 4.69) is 10.3 Å². The summed E-state index contributed by atoms with van der Waals surface area (Å²) < 4.78 is 33.1. The van der Waals surface area contributed by atoms with Crippen LogP contribution in [0.3, 0.4) is 0 Å². The normalized spacial score (nSPS) is 13.5. The Labute approximate surface area is 264 Å². The Morgan fingerprint density at radius 1 is 1.00 bits per heavy atom. The summed E-state index contributed by atoms with van der Waals surface area (Å²) in [6.07, 6.45) is 3.96. The van der Waals surface area contributed by atoms with Gasteiger partial charge in [0.15, 0.2) is 23.1 Å². The highest BCUT2D eigenvalue weighted by Gasteiger charge is 2.23. The monoisotopic (exact) mass is 640 g/mol. The summed E-state index contributed by atoms with van der Waals surface area (Å²) in [6.45, 7) is 2.55. The molecule has 1 saturated heterocycles. The third-order valence-corrected chi connectivity index (χ3v) is 8.17. The van der Waals surface area contributed by atoms with Crippen molar-refractivity contribution in [3.05, 3.63) is 82.2 Å². The number of carbonyl (C=O) groups is 2. The number of nitrogens with zero attached hydrogens (tertiary/aromatic N) is 2. The Balaban J connectivity index is 1.36. The van der Waals surface area contributed by atoms with E-state index in [9.17, 15) is 9.59 Å². The molecule has 9 nitrogen and oxygen atoms in total. The van der Waals surface area contributed by atoms with E-state index in [0.29, 0.717) is 57.1 Å². The number of methoxy groups -OCH3 is 1. The van der Waals surface area contributed by atoms with Crippen LogP contribution in [0.25, 0.3) is 10.9 Å². The lowest BCUT2D eigenvalue weighted by molar-refractivity contribution is -0.135. The highest BCUT2D eigenvalue weighted by Crippen LogP contribution is 2.38. The Hall–Kier alpha value is -4.12. The van der Waals surface area contributed by atoms with Crippen LogP contribution in [0.4, 0.5) is 10.1 Å². The number of carbonyl (C=O) groups excluding carboxylic acids is 2. The highest BCUT2D eigenvalue weighted by molar-refractivity contribution is 6.42. The zero-order valence-electron chi connectivity index (χ0n) is 23.9. The Morgan fingerprint density at radius 2 is 1.80 bits per heavy atom. The number of ether oxygens (including phenoxy) is 3. The molecule has 3 aromatic carbocycles. The minimum atomic E-state index is -1.17. The number of anilines is 1. The SMILES string of the molecule is COc1cc2c(Oc3ccc(N(CCc4ccc(Cl)c(Cl)c4)C(=O)C(N)=O)cc3F)ccnc2cc1OCC1CCNCC1. The van der Waals surface area contributed by atoms with Gasteiger partial charge >= 0.3 is 11.8 Å². The summed E-state index contributed by atoms with van der Waals surface area (Å²) >= 11 is 12.1. The van der Waals surface area contributed by atoms with Gasteiger partial charge in [0.1, 0.15) is 5.75 Å². The van der Waals surface area contributed by atoms with Crippen LogP contribution in [0.15, 0.2) is 60.8 Å². The van der Waals surface area contributed by atoms with Crippen LogP contribution in [0, 0.1) is 11.7 Å². The zero-order valence-corrected chi connectivity index (χ0v) is 25.5. The van der Waals surface area contributed by atoms with Gasteiger partial charge in [-0.25, -0.2) is 4.39 Å². The Kier molecular flexibility index (Phi) is 10.0. The van der Waals surface area contributed by atoms with E-state index in [1.165, 1.54) is 12.1 Å². The Morgan fingerprint density at radius 3 is 2.50 bits per heavy atom. The molecule has 0 radical (unpaired) electrons. The van der Waals surface area contributed by atoms with Gasteiger partial charge in [-0.2, -0.15) is 0 Å². The first kappa shape index (κ1) is 31.3. The number of hydrogen-bond donors (Lipinski definition) is 2. The lowest BCUT2D eigenvalue weighted by Gasteiger charge is -2.23. The fraction of sp³-hybridized carbons (Fsp3) is 0.281. The molecular formula is C32H31Cl2FN4O5. The number of hydrogen-bond acceptors (Lipinski definition) is 7. The summed E-state index contributed by atoms with van der Waals surface area (Å²) in [5.41, 5.74) is 6.77. The maximum atomic E-state index is 15.4. The first-order valence-electron chi connectivity index (χ1n) is 14.1. The van der Waals surface area contributed by atoms with Gasteiger partial charge in [-0.05, 0) is 80.2 Å². The fourth-order valence-electron chi connectivity index (χ4n) is 5.02. The number of nitrogens with two attached hydrogens (primary N) is 1. The molecule has 230 valence electrons. The number of aromatic nitrogens is 1. The number of amides is 2. The highest BCUT2D eigenvalue weighted by atomic mass is 35.5. The molecule has 44 heavy (non-hydrogen) atoms. The average molecular weight is 642 g/mol. The van der Waals surface area contributed by atoms with Gasteiger partial charge < -0.3 is 30.2 Å². The number of halogens is 3. The minimum Gasteiger partial charge on any atom is -0.493 e. The molecule has 1 aliphatic heterocycles. The summed E-state index contributed by atoms with van der Waals surface area (Å²) in [7, 11) is 1.55. The van der Waals surface area contributed by atoms with Crippen molar-refractivity contribution in [2.75, 3.05) is 38.3 Å². The standard InChI is InChI=1S/C32H31Cl2FN4O5/c1-42-29-16-22-26(17-30(29)43-18-20-6-10-37-11-7-20)38-12-8-27(22)44-28-5-3-21(15-25(28)35)39(32(41)31(36)40)13-9-19-2-4-23(33)24(34)14-19/h2-5,8,12,14-17,20,37H,6-7,9-11,13,18H2,1H3,(H2,36,40). The molecule has 0 spiro atoms. The molecule has 0 atom stereocenters. The maximum Gasteiger partial charge on any atom is 0.316 e. The predicted octanol–water partition coefficient (Wildman–Crippen LogP) is 5.92. The zero-order chi connectivity index (χ0) is 31.2. The van der Waals surface area contributed by atoms with E-state index in [4.69, 9.17) is 43.1 Å². The van der Waals surface area contributed by atoms with Crippen LogP contribution in [0.1, 0.15) is 18.4 Å². The summed E-state index contributed by atoms with van der Waals surface area (Å²) in [6, 6.07) is 14.2. The van der Waals surface area contributed by atoms with Crippen molar-refractivity contribution in [2.45, 2.75) is 19.3 Å². The second-order valence-corrected chi connectivity index (χ2v) is 11.2. The van der Waals surface area contributed by atoms with Crippen molar-refractivity contribution >= 4 is 51.6 Å². The van der Waals surface area contributed by atoms with Gasteiger partial charge in [0.05, 0.1) is 29.3 Å². The smallest absolute Gasteiger partial charge is 0.316 e. The molecule has 0 bridgehead atoms. The van der Waals surface area contributed by atoms with Gasteiger partial charge in [0, 0.05) is 35.9 Å². The molecule has 2 heterocycles. The van der Waals surface area contributed by atoms with Crippen molar-refractivity contribution in [2.24, 2.45) is 11.7 Å². The lowest BCUT2D eigenvalue weighted by atomic mass is 9.99. The first-order chi connectivity index (χ1) is 21.2. The first-order valence-corrected chi connectivity index (χ1v) is 14.8. The summed E-state index contributed by atoms with van der Waals surface area (Å²) in [5, 5.41) is 4.68. The van der Waals surface area contributed by atoms with Crippen molar-refractivity contribution in [1.29, 1.82) is 0 Å². The van der Waals surface area contributed by atoms with Crippen LogP contribution in [0.2, 0.25) is 10.0 Å². The third kappa shape index (κ3) is 7.32.